The number of allylic oxidation sites excluding steroid dienone is 2. The molecule has 0 saturated carbocycles. The zero-order valence-corrected chi connectivity index (χ0v) is 13.4. The highest BCUT2D eigenvalue weighted by Gasteiger charge is 2.45. The molecule has 2 atom stereocenters. The first-order valence-electron chi connectivity index (χ1n) is 8.75. The third-order valence-electron chi connectivity index (χ3n) is 6.07. The second-order valence-electron chi connectivity index (χ2n) is 7.01. The standard InChI is InChI=1S/C19H26N2O/c1-2-19(10-13-22)9-5-11-21-12-8-15-14-6-3-4-7-16(14)20-17(15)18(19)21/h3-4,6-7,15,20,22H,2,5,8-13H2,1H3. The van der Waals surface area contributed by atoms with E-state index < -0.39 is 0 Å². The molecule has 0 amide bonds. The topological polar surface area (TPSA) is 35.5 Å². The van der Waals surface area contributed by atoms with Crippen LogP contribution in [0.3, 0.4) is 0 Å². The molecule has 3 heterocycles. The highest BCUT2D eigenvalue weighted by atomic mass is 16.3. The van der Waals surface area contributed by atoms with Gasteiger partial charge in [0, 0.05) is 48.1 Å². The Balaban J connectivity index is 1.84. The Kier molecular flexibility index (Phi) is 3.41. The van der Waals surface area contributed by atoms with Crippen molar-refractivity contribution in [1.82, 2.24) is 4.90 Å². The van der Waals surface area contributed by atoms with E-state index in [4.69, 9.17) is 0 Å². The van der Waals surface area contributed by atoms with E-state index in [2.05, 4.69) is 41.4 Å². The maximum Gasteiger partial charge on any atom is 0.0440 e. The molecule has 22 heavy (non-hydrogen) atoms. The molecule has 1 aromatic rings. The maximum absolute atomic E-state index is 9.66. The van der Waals surface area contributed by atoms with E-state index in [-0.39, 0.29) is 12.0 Å². The number of nitrogens with one attached hydrogen (secondary N) is 1. The molecule has 0 radical (unpaired) electrons. The largest absolute Gasteiger partial charge is 0.396 e. The van der Waals surface area contributed by atoms with Gasteiger partial charge in [0.15, 0.2) is 0 Å². The van der Waals surface area contributed by atoms with Gasteiger partial charge in [0.05, 0.1) is 0 Å². The molecule has 2 unspecified atom stereocenters. The fraction of sp³-hybridized carbons (Fsp3) is 0.579. The molecule has 0 bridgehead atoms. The van der Waals surface area contributed by atoms with E-state index in [1.54, 1.807) is 0 Å². The van der Waals surface area contributed by atoms with Crippen LogP contribution in [0.1, 0.15) is 50.5 Å². The van der Waals surface area contributed by atoms with Crippen molar-refractivity contribution in [3.8, 4) is 0 Å². The summed E-state index contributed by atoms with van der Waals surface area (Å²) < 4.78 is 0. The Morgan fingerprint density at radius 3 is 3.00 bits per heavy atom. The Bertz CT molecular complexity index is 605. The van der Waals surface area contributed by atoms with Crippen LogP contribution in [0.5, 0.6) is 0 Å². The Labute approximate surface area is 133 Å². The number of fused-ring (bicyclic) bond motifs is 4. The molecule has 4 rings (SSSR count). The highest BCUT2D eigenvalue weighted by molar-refractivity contribution is 5.66. The summed E-state index contributed by atoms with van der Waals surface area (Å²) in [6, 6.07) is 8.75. The quantitative estimate of drug-likeness (QED) is 0.893. The molecule has 3 aliphatic rings. The number of nitrogens with zero attached hydrogens (tertiary/aromatic N) is 1. The summed E-state index contributed by atoms with van der Waals surface area (Å²) >= 11 is 0. The minimum absolute atomic E-state index is 0.163. The lowest BCUT2D eigenvalue weighted by Gasteiger charge is -2.50. The van der Waals surface area contributed by atoms with Crippen LogP contribution in [0, 0.1) is 5.41 Å². The molecular formula is C19H26N2O. The predicted octanol–water partition coefficient (Wildman–Crippen LogP) is 3.69. The van der Waals surface area contributed by atoms with Crippen LogP contribution >= 0.6 is 0 Å². The number of aliphatic hydroxyl groups excluding tert-OH is 1. The molecule has 1 aromatic carbocycles. The third kappa shape index (κ3) is 1.91. The van der Waals surface area contributed by atoms with Gasteiger partial charge in [-0.1, -0.05) is 25.1 Å². The van der Waals surface area contributed by atoms with Crippen molar-refractivity contribution in [2.45, 2.75) is 44.9 Å². The molecule has 3 aliphatic heterocycles. The first-order valence-corrected chi connectivity index (χ1v) is 8.75. The highest BCUT2D eigenvalue weighted by Crippen LogP contribution is 2.53. The summed E-state index contributed by atoms with van der Waals surface area (Å²) in [5, 5.41) is 13.4. The second kappa shape index (κ2) is 5.31. The number of benzene rings is 1. The van der Waals surface area contributed by atoms with Crippen molar-refractivity contribution in [1.29, 1.82) is 0 Å². The lowest BCUT2D eigenvalue weighted by molar-refractivity contribution is 0.102. The SMILES string of the molecule is CCC1(CCO)CCCN2CCC3C(=C21)Nc1ccccc13. The minimum atomic E-state index is 0.163. The normalized spacial score (nSPS) is 29.7. The number of hydrogen-bond acceptors (Lipinski definition) is 3. The number of rotatable bonds is 3. The molecule has 2 N–H and O–H groups in total. The fourth-order valence-electron chi connectivity index (χ4n) is 4.94. The monoisotopic (exact) mass is 298 g/mol. The van der Waals surface area contributed by atoms with Crippen LogP contribution in [-0.2, 0) is 0 Å². The average molecular weight is 298 g/mol. The number of anilines is 1. The van der Waals surface area contributed by atoms with E-state index >= 15 is 0 Å². The predicted molar refractivity (Wildman–Crippen MR) is 89.7 cm³/mol. The van der Waals surface area contributed by atoms with E-state index in [1.807, 2.05) is 0 Å². The Hall–Kier alpha value is -1.48. The third-order valence-corrected chi connectivity index (χ3v) is 6.07. The number of hydrogen-bond donors (Lipinski definition) is 2. The first kappa shape index (κ1) is 14.1. The average Bonchev–Trinajstić information content (AvgIpc) is 2.93. The lowest BCUT2D eigenvalue weighted by Crippen LogP contribution is -2.46. The van der Waals surface area contributed by atoms with Gasteiger partial charge in [0.2, 0.25) is 0 Å². The number of aliphatic hydroxyl groups is 1. The van der Waals surface area contributed by atoms with E-state index in [0.29, 0.717) is 5.92 Å². The second-order valence-corrected chi connectivity index (χ2v) is 7.01. The Morgan fingerprint density at radius 1 is 1.32 bits per heavy atom. The maximum atomic E-state index is 9.66. The van der Waals surface area contributed by atoms with Crippen LogP contribution in [0.2, 0.25) is 0 Å². The van der Waals surface area contributed by atoms with Gasteiger partial charge in [0.1, 0.15) is 0 Å². The first-order chi connectivity index (χ1) is 10.8. The van der Waals surface area contributed by atoms with Gasteiger partial charge in [-0.25, -0.2) is 0 Å². The molecular weight excluding hydrogens is 272 g/mol. The summed E-state index contributed by atoms with van der Waals surface area (Å²) in [6.45, 7) is 4.91. The smallest absolute Gasteiger partial charge is 0.0440 e. The molecule has 1 saturated heterocycles. The summed E-state index contributed by atoms with van der Waals surface area (Å²) in [5.74, 6) is 0.533. The van der Waals surface area contributed by atoms with E-state index in [9.17, 15) is 5.11 Å². The van der Waals surface area contributed by atoms with Crippen LogP contribution in [0.25, 0.3) is 0 Å². The van der Waals surface area contributed by atoms with Gasteiger partial charge in [-0.15, -0.1) is 0 Å². The fourth-order valence-corrected chi connectivity index (χ4v) is 4.94. The summed E-state index contributed by atoms with van der Waals surface area (Å²) in [4.78, 5) is 2.60. The van der Waals surface area contributed by atoms with Crippen molar-refractivity contribution >= 4 is 5.69 Å². The van der Waals surface area contributed by atoms with Crippen LogP contribution in [-0.4, -0.2) is 29.7 Å². The number of para-hydroxylation sites is 1. The zero-order chi connectivity index (χ0) is 15.2. The Morgan fingerprint density at radius 2 is 2.18 bits per heavy atom. The van der Waals surface area contributed by atoms with Gasteiger partial charge in [-0.3, -0.25) is 0 Å². The van der Waals surface area contributed by atoms with Crippen LogP contribution in [0.4, 0.5) is 5.69 Å². The van der Waals surface area contributed by atoms with Gasteiger partial charge in [-0.05, 0) is 43.7 Å². The van der Waals surface area contributed by atoms with Crippen molar-refractivity contribution in [3.63, 3.8) is 0 Å². The van der Waals surface area contributed by atoms with Crippen molar-refractivity contribution in [2.24, 2.45) is 5.41 Å². The summed E-state index contributed by atoms with van der Waals surface area (Å²) in [5.41, 5.74) is 5.86. The molecule has 0 spiro atoms. The molecule has 3 nitrogen and oxygen atoms in total. The lowest BCUT2D eigenvalue weighted by atomic mass is 9.69. The van der Waals surface area contributed by atoms with Gasteiger partial charge < -0.3 is 15.3 Å². The zero-order valence-electron chi connectivity index (χ0n) is 13.4. The molecule has 3 heteroatoms. The molecule has 118 valence electrons. The van der Waals surface area contributed by atoms with E-state index in [1.165, 1.54) is 48.5 Å². The van der Waals surface area contributed by atoms with Crippen molar-refractivity contribution < 1.29 is 5.11 Å². The van der Waals surface area contributed by atoms with E-state index in [0.717, 1.165) is 19.4 Å². The van der Waals surface area contributed by atoms with Gasteiger partial charge in [0.25, 0.3) is 0 Å². The van der Waals surface area contributed by atoms with Crippen molar-refractivity contribution in [2.75, 3.05) is 25.0 Å². The summed E-state index contributed by atoms with van der Waals surface area (Å²) in [6.07, 6.45) is 5.69. The molecule has 1 fully saturated rings. The molecule has 0 aromatic heterocycles. The molecule has 0 aliphatic carbocycles. The number of piperidine rings is 1. The van der Waals surface area contributed by atoms with Crippen molar-refractivity contribution in [3.05, 3.63) is 41.2 Å². The van der Waals surface area contributed by atoms with Gasteiger partial charge >= 0.3 is 0 Å². The summed E-state index contributed by atoms with van der Waals surface area (Å²) in [7, 11) is 0. The minimum Gasteiger partial charge on any atom is -0.396 e. The van der Waals surface area contributed by atoms with Crippen LogP contribution < -0.4 is 5.32 Å². The van der Waals surface area contributed by atoms with Gasteiger partial charge in [-0.2, -0.15) is 0 Å². The van der Waals surface area contributed by atoms with Crippen LogP contribution in [0.15, 0.2) is 35.7 Å².